The molecule has 8 nitrogen and oxygen atoms in total. The highest BCUT2D eigenvalue weighted by Gasteiger charge is 2.23. The van der Waals surface area contributed by atoms with E-state index < -0.39 is 10.9 Å². The fourth-order valence-electron chi connectivity index (χ4n) is 2.80. The van der Waals surface area contributed by atoms with Crippen LogP contribution in [0.5, 0.6) is 5.75 Å². The third kappa shape index (κ3) is 5.08. The van der Waals surface area contributed by atoms with E-state index >= 15 is 0 Å². The van der Waals surface area contributed by atoms with Gasteiger partial charge in [-0.25, -0.2) is 9.79 Å². The lowest BCUT2D eigenvalue weighted by Gasteiger charge is -2.05. The fraction of sp³-hybridized carbons (Fsp3) is 0. The second-order valence-corrected chi connectivity index (χ2v) is 7.61. The predicted octanol–water partition coefficient (Wildman–Crippen LogP) is 4.71. The molecule has 1 N–H and O–H groups in total. The van der Waals surface area contributed by atoms with Crippen LogP contribution >= 0.6 is 11.8 Å². The van der Waals surface area contributed by atoms with E-state index in [2.05, 4.69) is 10.3 Å². The number of hydrogen-bond acceptors (Lipinski definition) is 7. The largest absolute Gasteiger partial charge is 0.423 e. The molecular formula is C23H15N3O5S. The monoisotopic (exact) mass is 445 g/mol. The molecule has 0 saturated carbocycles. The van der Waals surface area contributed by atoms with Crippen molar-refractivity contribution in [2.75, 3.05) is 0 Å². The molecule has 3 aromatic rings. The van der Waals surface area contributed by atoms with Crippen LogP contribution in [-0.4, -0.2) is 22.0 Å². The van der Waals surface area contributed by atoms with Crippen molar-refractivity contribution in [3.8, 4) is 5.75 Å². The van der Waals surface area contributed by atoms with Gasteiger partial charge in [-0.05, 0) is 53.7 Å². The first-order valence-electron chi connectivity index (χ1n) is 9.39. The Morgan fingerprint density at radius 1 is 1.03 bits per heavy atom. The molecular weight excluding hydrogens is 430 g/mol. The van der Waals surface area contributed by atoms with Crippen LogP contribution in [0.25, 0.3) is 6.08 Å². The average molecular weight is 445 g/mol. The predicted molar refractivity (Wildman–Crippen MR) is 122 cm³/mol. The van der Waals surface area contributed by atoms with Gasteiger partial charge in [0.05, 0.1) is 21.1 Å². The number of nitro benzene ring substituents is 1. The fourth-order valence-corrected chi connectivity index (χ4v) is 3.64. The molecule has 1 amide bonds. The molecule has 0 radical (unpaired) electrons. The van der Waals surface area contributed by atoms with Crippen molar-refractivity contribution in [1.82, 2.24) is 5.32 Å². The maximum Gasteiger partial charge on any atom is 0.343 e. The van der Waals surface area contributed by atoms with Crippen LogP contribution < -0.4 is 10.1 Å². The summed E-state index contributed by atoms with van der Waals surface area (Å²) in [5.41, 5.74) is 1.36. The number of esters is 1. The van der Waals surface area contributed by atoms with Gasteiger partial charge in [0.15, 0.2) is 5.17 Å². The maximum absolute atomic E-state index is 12.3. The van der Waals surface area contributed by atoms with Crippen LogP contribution in [0, 0.1) is 10.1 Å². The lowest BCUT2D eigenvalue weighted by Crippen LogP contribution is -2.19. The summed E-state index contributed by atoms with van der Waals surface area (Å²) in [4.78, 5) is 39.7. The number of nitrogens with one attached hydrogen (secondary N) is 1. The summed E-state index contributed by atoms with van der Waals surface area (Å²) in [5, 5.41) is 14.1. The summed E-state index contributed by atoms with van der Waals surface area (Å²) < 4.78 is 5.28. The minimum absolute atomic E-state index is 0.0784. The van der Waals surface area contributed by atoms with Crippen molar-refractivity contribution in [2.45, 2.75) is 0 Å². The van der Waals surface area contributed by atoms with Crippen LogP contribution in [0.15, 0.2) is 88.8 Å². The number of nitrogens with zero attached hydrogens (tertiary/aromatic N) is 2. The summed E-state index contributed by atoms with van der Waals surface area (Å²) in [7, 11) is 0. The Hall–Kier alpha value is -4.24. The number of non-ortho nitro benzene ring substituents is 1. The van der Waals surface area contributed by atoms with Gasteiger partial charge in [0.2, 0.25) is 0 Å². The molecule has 1 fully saturated rings. The quantitative estimate of drug-likeness (QED) is 0.200. The van der Waals surface area contributed by atoms with Crippen LogP contribution in [0.4, 0.5) is 11.4 Å². The summed E-state index contributed by atoms with van der Waals surface area (Å²) in [6.07, 6.45) is 1.71. The Bertz CT molecular complexity index is 1250. The van der Waals surface area contributed by atoms with Crippen LogP contribution in [-0.2, 0) is 4.79 Å². The summed E-state index contributed by atoms with van der Waals surface area (Å²) in [5.74, 6) is -0.670. The normalized spacial score (nSPS) is 15.6. The highest BCUT2D eigenvalue weighted by Crippen LogP contribution is 2.28. The highest BCUT2D eigenvalue weighted by atomic mass is 32.2. The second kappa shape index (κ2) is 9.27. The molecule has 4 rings (SSSR count). The second-order valence-electron chi connectivity index (χ2n) is 6.58. The number of carbonyl (C=O) groups is 2. The van der Waals surface area contributed by atoms with Crippen LogP contribution in [0.2, 0.25) is 0 Å². The molecule has 1 aliphatic heterocycles. The molecule has 0 unspecified atom stereocenters. The first-order chi connectivity index (χ1) is 15.5. The molecule has 0 bridgehead atoms. The Morgan fingerprint density at radius 2 is 1.78 bits per heavy atom. The van der Waals surface area contributed by atoms with Crippen molar-refractivity contribution in [3.63, 3.8) is 0 Å². The highest BCUT2D eigenvalue weighted by molar-refractivity contribution is 8.18. The lowest BCUT2D eigenvalue weighted by molar-refractivity contribution is -0.384. The Kier molecular flexibility index (Phi) is 6.09. The smallest absolute Gasteiger partial charge is 0.343 e. The van der Waals surface area contributed by atoms with Gasteiger partial charge in [0.25, 0.3) is 11.6 Å². The molecule has 0 spiro atoms. The third-order valence-electron chi connectivity index (χ3n) is 4.32. The van der Waals surface area contributed by atoms with Gasteiger partial charge >= 0.3 is 5.97 Å². The minimum atomic E-state index is -0.702. The number of aliphatic imine (C=N–C) groups is 1. The Morgan fingerprint density at radius 3 is 2.50 bits per heavy atom. The molecule has 0 aromatic heterocycles. The topological polar surface area (TPSA) is 111 Å². The van der Waals surface area contributed by atoms with E-state index in [0.717, 1.165) is 17.3 Å². The van der Waals surface area contributed by atoms with Crippen molar-refractivity contribution in [1.29, 1.82) is 0 Å². The molecule has 1 heterocycles. The minimum Gasteiger partial charge on any atom is -0.423 e. The molecule has 0 aliphatic carbocycles. The molecule has 1 saturated heterocycles. The number of ether oxygens (including phenoxy) is 1. The van der Waals surface area contributed by atoms with Crippen molar-refractivity contribution >= 4 is 46.3 Å². The first-order valence-corrected chi connectivity index (χ1v) is 10.2. The number of hydrogen-bond donors (Lipinski definition) is 1. The van der Waals surface area contributed by atoms with E-state index in [-0.39, 0.29) is 22.9 Å². The van der Waals surface area contributed by atoms with Crippen molar-refractivity contribution in [2.24, 2.45) is 4.99 Å². The molecule has 1 aliphatic rings. The molecule has 9 heteroatoms. The Labute approximate surface area is 186 Å². The van der Waals surface area contributed by atoms with E-state index in [1.165, 1.54) is 30.0 Å². The number of thioether (sulfide) groups is 1. The number of carbonyl (C=O) groups excluding carboxylic acids is 2. The third-order valence-corrected chi connectivity index (χ3v) is 5.23. The molecule has 158 valence electrons. The van der Waals surface area contributed by atoms with E-state index in [1.54, 1.807) is 30.3 Å². The van der Waals surface area contributed by atoms with Gasteiger partial charge in [-0.3, -0.25) is 14.9 Å². The number of para-hydroxylation sites is 1. The van der Waals surface area contributed by atoms with Crippen LogP contribution in [0.1, 0.15) is 15.9 Å². The van der Waals surface area contributed by atoms with Crippen LogP contribution in [0.3, 0.4) is 0 Å². The van der Waals surface area contributed by atoms with E-state index in [9.17, 15) is 19.7 Å². The molecule has 32 heavy (non-hydrogen) atoms. The van der Waals surface area contributed by atoms with E-state index in [4.69, 9.17) is 4.74 Å². The summed E-state index contributed by atoms with van der Waals surface area (Å²) >= 11 is 1.23. The van der Waals surface area contributed by atoms with Gasteiger partial charge in [-0.2, -0.15) is 0 Å². The lowest BCUT2D eigenvalue weighted by atomic mass is 10.2. The molecule has 3 aromatic carbocycles. The molecule has 0 atom stereocenters. The number of nitro groups is 1. The van der Waals surface area contributed by atoms with Gasteiger partial charge in [0.1, 0.15) is 5.75 Å². The van der Waals surface area contributed by atoms with Gasteiger partial charge in [0, 0.05) is 12.1 Å². The number of benzene rings is 3. The van der Waals surface area contributed by atoms with Gasteiger partial charge in [-0.1, -0.05) is 36.4 Å². The van der Waals surface area contributed by atoms with Crippen molar-refractivity contribution < 1.29 is 19.2 Å². The average Bonchev–Trinajstić information content (AvgIpc) is 3.14. The SMILES string of the molecule is O=C1NC(=Nc2ccccc2)S/C1=C\c1ccc(OC(=O)c2cccc([N+](=O)[O-])c2)cc1. The maximum atomic E-state index is 12.3. The summed E-state index contributed by atoms with van der Waals surface area (Å²) in [6.45, 7) is 0. The zero-order valence-electron chi connectivity index (χ0n) is 16.4. The number of amides is 1. The first kappa shape index (κ1) is 21.0. The zero-order chi connectivity index (χ0) is 22.5. The van der Waals surface area contributed by atoms with Gasteiger partial charge in [-0.15, -0.1) is 0 Å². The van der Waals surface area contributed by atoms with E-state index in [1.807, 2.05) is 30.3 Å². The number of amidine groups is 1. The number of rotatable bonds is 5. The Balaban J connectivity index is 1.43. The van der Waals surface area contributed by atoms with E-state index in [0.29, 0.717) is 10.1 Å². The van der Waals surface area contributed by atoms with Gasteiger partial charge < -0.3 is 10.1 Å². The van der Waals surface area contributed by atoms with Crippen molar-refractivity contribution in [3.05, 3.63) is 105 Å². The summed E-state index contributed by atoms with van der Waals surface area (Å²) in [6, 6.07) is 21.2. The zero-order valence-corrected chi connectivity index (χ0v) is 17.2. The standard InChI is InChI=1S/C23H15N3O5S/c27-21-20(32-23(25-21)24-17-6-2-1-3-7-17)13-15-9-11-19(12-10-15)31-22(28)16-5-4-8-18(14-16)26(29)30/h1-14H,(H,24,25,27)/b20-13-.